The van der Waals surface area contributed by atoms with Gasteiger partial charge in [0, 0.05) is 6.07 Å². The van der Waals surface area contributed by atoms with Gasteiger partial charge in [0.25, 0.3) is 0 Å². The van der Waals surface area contributed by atoms with Crippen LogP contribution in [0.4, 0.5) is 5.69 Å². The fourth-order valence-electron chi connectivity index (χ4n) is 1.60. The minimum absolute atomic E-state index is 0.193. The summed E-state index contributed by atoms with van der Waals surface area (Å²) >= 11 is 0. The molecule has 88 valence electrons. The average Bonchev–Trinajstić information content (AvgIpc) is 2.16. The summed E-state index contributed by atoms with van der Waals surface area (Å²) in [5.74, 6) is -0.299. The molecule has 0 aliphatic heterocycles. The summed E-state index contributed by atoms with van der Waals surface area (Å²) in [6.45, 7) is 4.51. The molecule has 0 bridgehead atoms. The maximum Gasteiger partial charge on any atom is 0.310 e. The van der Waals surface area contributed by atoms with Gasteiger partial charge in [0.05, 0.1) is 4.92 Å². The van der Waals surface area contributed by atoms with Gasteiger partial charge in [-0.05, 0) is 30.0 Å². The third-order valence-electron chi connectivity index (χ3n) is 2.72. The van der Waals surface area contributed by atoms with Crippen molar-refractivity contribution in [2.45, 2.75) is 25.7 Å². The largest absolute Gasteiger partial charge is 0.502 e. The normalized spacial score (nSPS) is 11.4. The lowest BCUT2D eigenvalue weighted by molar-refractivity contribution is -0.385. The van der Waals surface area contributed by atoms with E-state index in [4.69, 9.17) is 5.73 Å². The Morgan fingerprint density at radius 1 is 1.50 bits per heavy atom. The fourth-order valence-corrected chi connectivity index (χ4v) is 1.60. The molecule has 0 radical (unpaired) electrons. The highest BCUT2D eigenvalue weighted by Gasteiger charge is 2.22. The molecule has 1 aromatic rings. The number of nitro benzene ring substituents is 1. The zero-order valence-electron chi connectivity index (χ0n) is 9.43. The van der Waals surface area contributed by atoms with Gasteiger partial charge in [-0.2, -0.15) is 0 Å². The number of rotatable bonds is 4. The fraction of sp³-hybridized carbons (Fsp3) is 0.455. The predicted octanol–water partition coefficient (Wildman–Crippen LogP) is 1.93. The average molecular weight is 224 g/mol. The molecular formula is C11H16N2O3. The lowest BCUT2D eigenvalue weighted by atomic mass is 9.81. The van der Waals surface area contributed by atoms with E-state index in [9.17, 15) is 15.2 Å². The highest BCUT2D eigenvalue weighted by atomic mass is 16.6. The molecule has 0 aromatic heterocycles. The Kier molecular flexibility index (Phi) is 3.49. The van der Waals surface area contributed by atoms with Crippen LogP contribution in [0.5, 0.6) is 5.75 Å². The first-order chi connectivity index (χ1) is 7.38. The van der Waals surface area contributed by atoms with E-state index in [0.29, 0.717) is 6.54 Å². The Morgan fingerprint density at radius 2 is 2.12 bits per heavy atom. The van der Waals surface area contributed by atoms with Crippen molar-refractivity contribution in [1.29, 1.82) is 0 Å². The number of phenols is 1. The van der Waals surface area contributed by atoms with Crippen LogP contribution in [0, 0.1) is 10.1 Å². The number of hydrogen-bond acceptors (Lipinski definition) is 4. The van der Waals surface area contributed by atoms with E-state index >= 15 is 0 Å². The van der Waals surface area contributed by atoms with Gasteiger partial charge < -0.3 is 10.8 Å². The summed E-state index contributed by atoms with van der Waals surface area (Å²) in [6.07, 6.45) is 0.754. The highest BCUT2D eigenvalue weighted by Crippen LogP contribution is 2.33. The number of phenolic OH excluding ortho intramolecular Hbond substituents is 1. The topological polar surface area (TPSA) is 89.4 Å². The lowest BCUT2D eigenvalue weighted by Crippen LogP contribution is -2.21. The van der Waals surface area contributed by atoms with E-state index < -0.39 is 4.92 Å². The quantitative estimate of drug-likeness (QED) is 0.604. The van der Waals surface area contributed by atoms with E-state index in [2.05, 4.69) is 0 Å². The van der Waals surface area contributed by atoms with Crippen molar-refractivity contribution < 1.29 is 10.0 Å². The smallest absolute Gasteiger partial charge is 0.310 e. The summed E-state index contributed by atoms with van der Waals surface area (Å²) in [5, 5.41) is 20.1. The monoisotopic (exact) mass is 224 g/mol. The molecular weight excluding hydrogens is 208 g/mol. The van der Waals surface area contributed by atoms with Crippen molar-refractivity contribution in [2.24, 2.45) is 5.73 Å². The van der Waals surface area contributed by atoms with Gasteiger partial charge in [-0.25, -0.2) is 0 Å². The Hall–Kier alpha value is -1.62. The van der Waals surface area contributed by atoms with Crippen LogP contribution in [0.3, 0.4) is 0 Å². The predicted molar refractivity (Wildman–Crippen MR) is 61.5 cm³/mol. The molecule has 3 N–H and O–H groups in total. The van der Waals surface area contributed by atoms with Crippen LogP contribution in [-0.2, 0) is 5.41 Å². The van der Waals surface area contributed by atoms with Gasteiger partial charge >= 0.3 is 5.69 Å². The minimum atomic E-state index is -0.602. The molecule has 0 unspecified atom stereocenters. The number of nitrogens with zero attached hydrogens (tertiary/aromatic N) is 1. The summed E-state index contributed by atoms with van der Waals surface area (Å²) in [7, 11) is 0. The molecule has 1 rings (SSSR count). The van der Waals surface area contributed by atoms with Crippen molar-refractivity contribution >= 4 is 5.69 Å². The minimum Gasteiger partial charge on any atom is -0.502 e. The van der Waals surface area contributed by atoms with E-state index in [1.807, 2.05) is 13.8 Å². The first-order valence-electron chi connectivity index (χ1n) is 5.06. The van der Waals surface area contributed by atoms with Crippen LogP contribution >= 0.6 is 0 Å². The lowest BCUT2D eigenvalue weighted by Gasteiger charge is -2.24. The van der Waals surface area contributed by atoms with Gasteiger partial charge in [0.2, 0.25) is 0 Å². The molecule has 0 saturated heterocycles. The van der Waals surface area contributed by atoms with Gasteiger partial charge in [-0.1, -0.05) is 19.9 Å². The first-order valence-corrected chi connectivity index (χ1v) is 5.06. The van der Waals surface area contributed by atoms with Gasteiger partial charge in [-0.3, -0.25) is 10.1 Å². The SMILES string of the molecule is CC(C)(CCN)c1ccc([N+](=O)[O-])c(O)c1. The van der Waals surface area contributed by atoms with Crippen LogP contribution < -0.4 is 5.73 Å². The summed E-state index contributed by atoms with van der Waals surface area (Å²) < 4.78 is 0. The van der Waals surface area contributed by atoms with Gasteiger partial charge in [-0.15, -0.1) is 0 Å². The first kappa shape index (κ1) is 12.4. The van der Waals surface area contributed by atoms with E-state index in [-0.39, 0.29) is 16.9 Å². The standard InChI is InChI=1S/C11H16N2O3/c1-11(2,5-6-12)8-3-4-9(13(15)16)10(14)7-8/h3-4,7,14H,5-6,12H2,1-2H3. The van der Waals surface area contributed by atoms with Crippen LogP contribution in [-0.4, -0.2) is 16.6 Å². The van der Waals surface area contributed by atoms with E-state index in [1.54, 1.807) is 6.07 Å². The van der Waals surface area contributed by atoms with Crippen LogP contribution in [0.25, 0.3) is 0 Å². The highest BCUT2D eigenvalue weighted by molar-refractivity contribution is 5.48. The molecule has 5 heteroatoms. The molecule has 0 fully saturated rings. The third kappa shape index (κ3) is 2.49. The maximum absolute atomic E-state index is 10.5. The third-order valence-corrected chi connectivity index (χ3v) is 2.72. The second-order valence-corrected chi connectivity index (χ2v) is 4.38. The summed E-state index contributed by atoms with van der Waals surface area (Å²) in [4.78, 5) is 9.93. The molecule has 0 heterocycles. The van der Waals surface area contributed by atoms with Crippen molar-refractivity contribution in [3.05, 3.63) is 33.9 Å². The van der Waals surface area contributed by atoms with Crippen molar-refractivity contribution in [2.75, 3.05) is 6.54 Å². The molecule has 0 aliphatic carbocycles. The second kappa shape index (κ2) is 4.49. The zero-order valence-corrected chi connectivity index (χ0v) is 9.43. The maximum atomic E-state index is 10.5. The number of hydrogen-bond donors (Lipinski definition) is 2. The molecule has 0 spiro atoms. The summed E-state index contributed by atoms with van der Waals surface area (Å²) in [6, 6.07) is 4.42. The second-order valence-electron chi connectivity index (χ2n) is 4.38. The Bertz CT molecular complexity index is 402. The zero-order chi connectivity index (χ0) is 12.3. The molecule has 0 amide bonds. The molecule has 5 nitrogen and oxygen atoms in total. The number of benzene rings is 1. The Morgan fingerprint density at radius 3 is 2.56 bits per heavy atom. The Labute approximate surface area is 94.0 Å². The van der Waals surface area contributed by atoms with Crippen molar-refractivity contribution in [3.8, 4) is 5.75 Å². The molecule has 0 aliphatic rings. The Balaban J connectivity index is 3.10. The van der Waals surface area contributed by atoms with E-state index in [0.717, 1.165) is 12.0 Å². The van der Waals surface area contributed by atoms with Crippen molar-refractivity contribution in [3.63, 3.8) is 0 Å². The molecule has 1 aromatic carbocycles. The van der Waals surface area contributed by atoms with Gasteiger partial charge in [0.15, 0.2) is 5.75 Å². The number of nitro groups is 1. The van der Waals surface area contributed by atoms with Crippen molar-refractivity contribution in [1.82, 2.24) is 0 Å². The van der Waals surface area contributed by atoms with Crippen LogP contribution in [0.1, 0.15) is 25.8 Å². The van der Waals surface area contributed by atoms with E-state index in [1.165, 1.54) is 12.1 Å². The number of nitrogens with two attached hydrogens (primary N) is 1. The number of aromatic hydroxyl groups is 1. The molecule has 0 atom stereocenters. The van der Waals surface area contributed by atoms with Gasteiger partial charge in [0.1, 0.15) is 0 Å². The van der Waals surface area contributed by atoms with Crippen LogP contribution in [0.2, 0.25) is 0 Å². The molecule has 0 saturated carbocycles. The van der Waals surface area contributed by atoms with Crippen LogP contribution in [0.15, 0.2) is 18.2 Å². The molecule has 16 heavy (non-hydrogen) atoms. The summed E-state index contributed by atoms with van der Waals surface area (Å²) in [5.41, 5.74) is 5.88.